The Bertz CT molecular complexity index is 1170. The van der Waals surface area contributed by atoms with Gasteiger partial charge in [-0.05, 0) is 42.5 Å². The standard InChI is InChI=1S/C21H15ClFN3O/c1-26-19-8-3-2-7-18(19)25-20(26)13-5-4-6-15(11-13)24-21(27)16-12-14(22)9-10-17(16)23/h2-12H,1H3,(H,24,27). The number of aromatic nitrogens is 2. The molecule has 3 aromatic carbocycles. The zero-order valence-corrected chi connectivity index (χ0v) is 15.2. The van der Waals surface area contributed by atoms with E-state index >= 15 is 0 Å². The summed E-state index contributed by atoms with van der Waals surface area (Å²) in [7, 11) is 1.94. The van der Waals surface area contributed by atoms with E-state index in [1.165, 1.54) is 18.2 Å². The fraction of sp³-hybridized carbons (Fsp3) is 0.0476. The molecule has 27 heavy (non-hydrogen) atoms. The number of para-hydroxylation sites is 2. The highest BCUT2D eigenvalue weighted by atomic mass is 35.5. The summed E-state index contributed by atoms with van der Waals surface area (Å²) in [5, 5.41) is 3.02. The van der Waals surface area contributed by atoms with Gasteiger partial charge in [0.2, 0.25) is 0 Å². The zero-order valence-electron chi connectivity index (χ0n) is 14.4. The summed E-state index contributed by atoms with van der Waals surface area (Å²) in [5.41, 5.74) is 3.20. The van der Waals surface area contributed by atoms with E-state index in [0.29, 0.717) is 10.7 Å². The largest absolute Gasteiger partial charge is 0.327 e. The molecule has 1 N–H and O–H groups in total. The SMILES string of the molecule is Cn1c(-c2cccc(NC(=O)c3cc(Cl)ccc3F)c2)nc2ccccc21. The van der Waals surface area contributed by atoms with Crippen LogP contribution >= 0.6 is 11.6 Å². The van der Waals surface area contributed by atoms with E-state index in [-0.39, 0.29) is 5.56 Å². The lowest BCUT2D eigenvalue weighted by Gasteiger charge is -2.09. The maximum Gasteiger partial charge on any atom is 0.258 e. The highest BCUT2D eigenvalue weighted by Gasteiger charge is 2.14. The second kappa shape index (κ2) is 6.85. The topological polar surface area (TPSA) is 46.9 Å². The molecule has 1 aromatic heterocycles. The van der Waals surface area contributed by atoms with Crippen molar-refractivity contribution in [1.29, 1.82) is 0 Å². The lowest BCUT2D eigenvalue weighted by Crippen LogP contribution is -2.13. The van der Waals surface area contributed by atoms with E-state index in [0.717, 1.165) is 22.4 Å². The number of amides is 1. The molecule has 1 amide bonds. The zero-order chi connectivity index (χ0) is 19.0. The number of fused-ring (bicyclic) bond motifs is 1. The number of aryl methyl sites for hydroxylation is 1. The molecule has 0 fully saturated rings. The molecule has 4 rings (SSSR count). The van der Waals surface area contributed by atoms with Gasteiger partial charge in [-0.15, -0.1) is 0 Å². The minimum absolute atomic E-state index is 0.101. The maximum absolute atomic E-state index is 13.9. The van der Waals surface area contributed by atoms with Crippen LogP contribution in [0.1, 0.15) is 10.4 Å². The molecule has 134 valence electrons. The van der Waals surface area contributed by atoms with Gasteiger partial charge in [0.1, 0.15) is 11.6 Å². The Morgan fingerprint density at radius 2 is 1.89 bits per heavy atom. The van der Waals surface area contributed by atoms with E-state index in [4.69, 9.17) is 11.6 Å². The number of imidazole rings is 1. The predicted octanol–water partition coefficient (Wildman–Crippen LogP) is 5.29. The second-order valence-electron chi connectivity index (χ2n) is 6.14. The smallest absolute Gasteiger partial charge is 0.258 e. The van der Waals surface area contributed by atoms with Crippen LogP contribution in [0.3, 0.4) is 0 Å². The van der Waals surface area contributed by atoms with Crippen molar-refractivity contribution in [2.45, 2.75) is 0 Å². The number of nitrogens with zero attached hydrogens (tertiary/aromatic N) is 2. The Balaban J connectivity index is 1.67. The molecule has 1 heterocycles. The van der Waals surface area contributed by atoms with Crippen LogP contribution in [0.15, 0.2) is 66.7 Å². The quantitative estimate of drug-likeness (QED) is 0.526. The van der Waals surface area contributed by atoms with E-state index in [9.17, 15) is 9.18 Å². The molecule has 4 nitrogen and oxygen atoms in total. The molecule has 0 atom stereocenters. The van der Waals surface area contributed by atoms with Gasteiger partial charge in [0, 0.05) is 23.3 Å². The van der Waals surface area contributed by atoms with Crippen molar-refractivity contribution >= 4 is 34.2 Å². The van der Waals surface area contributed by atoms with Gasteiger partial charge in [-0.2, -0.15) is 0 Å². The summed E-state index contributed by atoms with van der Waals surface area (Å²) in [5.74, 6) is -0.401. The average molecular weight is 380 g/mol. The number of carbonyl (C=O) groups is 1. The van der Waals surface area contributed by atoms with Gasteiger partial charge in [0.05, 0.1) is 16.6 Å². The minimum atomic E-state index is -0.622. The normalized spacial score (nSPS) is 10.9. The highest BCUT2D eigenvalue weighted by Crippen LogP contribution is 2.26. The van der Waals surface area contributed by atoms with Crippen LogP contribution in [0.25, 0.3) is 22.4 Å². The Hall–Kier alpha value is -3.18. The molecule has 0 aliphatic heterocycles. The first-order valence-electron chi connectivity index (χ1n) is 8.31. The van der Waals surface area contributed by atoms with Gasteiger partial charge in [0.15, 0.2) is 0 Å². The Kier molecular flexibility index (Phi) is 4.38. The van der Waals surface area contributed by atoms with E-state index in [2.05, 4.69) is 10.3 Å². The highest BCUT2D eigenvalue weighted by molar-refractivity contribution is 6.31. The molecule has 4 aromatic rings. The van der Waals surface area contributed by atoms with E-state index in [1.54, 1.807) is 6.07 Å². The first-order valence-corrected chi connectivity index (χ1v) is 8.69. The van der Waals surface area contributed by atoms with E-state index in [1.807, 2.05) is 54.1 Å². The second-order valence-corrected chi connectivity index (χ2v) is 6.58. The summed E-state index contributed by atoms with van der Waals surface area (Å²) < 4.78 is 15.9. The van der Waals surface area contributed by atoms with Gasteiger partial charge in [0.25, 0.3) is 5.91 Å². The molecule has 0 radical (unpaired) electrons. The molecule has 6 heteroatoms. The summed E-state index contributed by atoms with van der Waals surface area (Å²) in [6.45, 7) is 0. The van der Waals surface area contributed by atoms with Gasteiger partial charge in [-0.1, -0.05) is 35.9 Å². The van der Waals surface area contributed by atoms with Crippen LogP contribution in [-0.2, 0) is 7.05 Å². The van der Waals surface area contributed by atoms with Crippen LogP contribution in [0, 0.1) is 5.82 Å². The molecular weight excluding hydrogens is 365 g/mol. The Labute approximate surface area is 160 Å². The van der Waals surface area contributed by atoms with Gasteiger partial charge >= 0.3 is 0 Å². The van der Waals surface area contributed by atoms with Crippen molar-refractivity contribution in [2.24, 2.45) is 7.05 Å². The van der Waals surface area contributed by atoms with Crippen molar-refractivity contribution in [1.82, 2.24) is 9.55 Å². The summed E-state index contributed by atoms with van der Waals surface area (Å²) in [4.78, 5) is 17.1. The third kappa shape index (κ3) is 3.29. The number of anilines is 1. The molecular formula is C21H15ClFN3O. The first kappa shape index (κ1) is 17.2. The summed E-state index contributed by atoms with van der Waals surface area (Å²) in [6, 6.07) is 19.0. The number of halogens is 2. The third-order valence-electron chi connectivity index (χ3n) is 4.34. The van der Waals surface area contributed by atoms with Crippen molar-refractivity contribution in [3.8, 4) is 11.4 Å². The van der Waals surface area contributed by atoms with Crippen LogP contribution in [0.4, 0.5) is 10.1 Å². The van der Waals surface area contributed by atoms with Crippen molar-refractivity contribution < 1.29 is 9.18 Å². The fourth-order valence-electron chi connectivity index (χ4n) is 3.01. The summed E-state index contributed by atoms with van der Waals surface area (Å²) >= 11 is 5.87. The number of hydrogen-bond acceptors (Lipinski definition) is 2. The van der Waals surface area contributed by atoms with Crippen LogP contribution in [-0.4, -0.2) is 15.5 Å². The average Bonchev–Trinajstić information content (AvgIpc) is 3.01. The van der Waals surface area contributed by atoms with Crippen molar-refractivity contribution in [3.63, 3.8) is 0 Å². The lowest BCUT2D eigenvalue weighted by atomic mass is 10.1. The number of hydrogen-bond donors (Lipinski definition) is 1. The lowest BCUT2D eigenvalue weighted by molar-refractivity contribution is 0.102. The van der Waals surface area contributed by atoms with Crippen molar-refractivity contribution in [3.05, 3.63) is 83.1 Å². The van der Waals surface area contributed by atoms with Gasteiger partial charge in [-0.3, -0.25) is 4.79 Å². The van der Waals surface area contributed by atoms with E-state index < -0.39 is 11.7 Å². The molecule has 0 saturated heterocycles. The van der Waals surface area contributed by atoms with Crippen LogP contribution in [0.2, 0.25) is 5.02 Å². The molecule has 0 unspecified atom stereocenters. The molecule has 0 saturated carbocycles. The first-order chi connectivity index (χ1) is 13.0. The number of rotatable bonds is 3. The predicted molar refractivity (Wildman–Crippen MR) is 106 cm³/mol. The summed E-state index contributed by atoms with van der Waals surface area (Å²) in [6.07, 6.45) is 0. The molecule has 0 aliphatic rings. The minimum Gasteiger partial charge on any atom is -0.327 e. The monoisotopic (exact) mass is 379 g/mol. The van der Waals surface area contributed by atoms with Gasteiger partial charge < -0.3 is 9.88 Å². The van der Waals surface area contributed by atoms with Crippen LogP contribution < -0.4 is 5.32 Å². The van der Waals surface area contributed by atoms with Gasteiger partial charge in [-0.25, -0.2) is 9.37 Å². The molecule has 0 bridgehead atoms. The Morgan fingerprint density at radius 3 is 2.70 bits per heavy atom. The molecule has 0 aliphatic carbocycles. The third-order valence-corrected chi connectivity index (χ3v) is 4.57. The Morgan fingerprint density at radius 1 is 1.07 bits per heavy atom. The number of benzene rings is 3. The maximum atomic E-state index is 13.9. The number of nitrogens with one attached hydrogen (secondary N) is 1. The number of carbonyl (C=O) groups excluding carboxylic acids is 1. The fourth-order valence-corrected chi connectivity index (χ4v) is 3.18. The van der Waals surface area contributed by atoms with Crippen LogP contribution in [0.5, 0.6) is 0 Å². The van der Waals surface area contributed by atoms with Crippen molar-refractivity contribution in [2.75, 3.05) is 5.32 Å². The molecule has 0 spiro atoms.